The molecule has 0 saturated heterocycles. The lowest BCUT2D eigenvalue weighted by Crippen LogP contribution is -2.09. The van der Waals surface area contributed by atoms with Gasteiger partial charge in [0.25, 0.3) is 0 Å². The van der Waals surface area contributed by atoms with E-state index >= 15 is 0 Å². The van der Waals surface area contributed by atoms with Gasteiger partial charge in [-0.2, -0.15) is 0 Å². The second-order valence-corrected chi connectivity index (χ2v) is 6.46. The molecule has 0 radical (unpaired) electrons. The Kier molecular flexibility index (Phi) is 4.68. The van der Waals surface area contributed by atoms with Gasteiger partial charge in [-0.25, -0.2) is 13.6 Å². The number of carbonyl (C=O) groups excluding carboxylic acids is 2. The van der Waals surface area contributed by atoms with E-state index < -0.39 is 17.6 Å². The summed E-state index contributed by atoms with van der Waals surface area (Å²) in [5, 5.41) is 0. The summed E-state index contributed by atoms with van der Waals surface area (Å²) < 4.78 is 37.7. The maximum absolute atomic E-state index is 13.4. The number of benzene rings is 3. The molecule has 0 fully saturated rings. The van der Waals surface area contributed by atoms with Gasteiger partial charge < -0.3 is 9.47 Å². The summed E-state index contributed by atoms with van der Waals surface area (Å²) in [5.74, 6) is -1.55. The Morgan fingerprint density at radius 3 is 2.45 bits per heavy atom. The van der Waals surface area contributed by atoms with Crippen molar-refractivity contribution >= 4 is 17.8 Å². The Hall–Kier alpha value is -3.80. The molecule has 3 aromatic rings. The van der Waals surface area contributed by atoms with E-state index in [9.17, 15) is 18.4 Å². The zero-order valence-electron chi connectivity index (χ0n) is 15.2. The highest BCUT2D eigenvalue weighted by molar-refractivity contribution is 6.15. The molecule has 29 heavy (non-hydrogen) atoms. The van der Waals surface area contributed by atoms with E-state index in [1.165, 1.54) is 54.6 Å². The van der Waals surface area contributed by atoms with Crippen molar-refractivity contribution in [2.75, 3.05) is 0 Å². The number of ether oxygens (including phenoxy) is 2. The normalized spacial score (nSPS) is 13.9. The fourth-order valence-corrected chi connectivity index (χ4v) is 3.00. The number of esters is 1. The summed E-state index contributed by atoms with van der Waals surface area (Å²) in [6, 6.07) is 13.9. The van der Waals surface area contributed by atoms with Gasteiger partial charge in [-0.15, -0.1) is 0 Å². The maximum atomic E-state index is 13.4. The second-order valence-electron chi connectivity index (χ2n) is 6.46. The van der Waals surface area contributed by atoms with Crippen molar-refractivity contribution in [3.05, 3.63) is 100 Å². The number of allylic oxidation sites excluding steroid dienone is 1. The SMILES string of the molecule is Cc1c(OC(=O)c2cccc(F)c2)ccc2c1O/C(=C\c1cccc(F)c1)C2=O. The Morgan fingerprint density at radius 1 is 1.00 bits per heavy atom. The van der Waals surface area contributed by atoms with Crippen molar-refractivity contribution in [2.24, 2.45) is 0 Å². The summed E-state index contributed by atoms with van der Waals surface area (Å²) in [4.78, 5) is 24.9. The number of rotatable bonds is 3. The molecule has 0 aliphatic carbocycles. The van der Waals surface area contributed by atoms with Gasteiger partial charge in [0.1, 0.15) is 23.1 Å². The van der Waals surface area contributed by atoms with Crippen LogP contribution in [0.4, 0.5) is 8.78 Å². The van der Waals surface area contributed by atoms with Crippen LogP contribution in [0.5, 0.6) is 11.5 Å². The third-order valence-electron chi connectivity index (χ3n) is 4.45. The number of Topliss-reactive ketones (excluding diaryl/α,β-unsaturated/α-hetero) is 1. The van der Waals surface area contributed by atoms with Crippen LogP contribution < -0.4 is 9.47 Å². The van der Waals surface area contributed by atoms with Gasteiger partial charge >= 0.3 is 5.97 Å². The second kappa shape index (κ2) is 7.31. The fraction of sp³-hybridized carbons (Fsp3) is 0.0435. The zero-order valence-corrected chi connectivity index (χ0v) is 15.2. The van der Waals surface area contributed by atoms with Gasteiger partial charge in [0.15, 0.2) is 5.76 Å². The molecule has 6 heteroatoms. The monoisotopic (exact) mass is 392 g/mol. The molecule has 0 bridgehead atoms. The molecule has 1 aliphatic rings. The van der Waals surface area contributed by atoms with Crippen molar-refractivity contribution < 1.29 is 27.8 Å². The lowest BCUT2D eigenvalue weighted by Gasteiger charge is -2.10. The first-order valence-corrected chi connectivity index (χ1v) is 8.73. The minimum absolute atomic E-state index is 0.0438. The molecule has 0 N–H and O–H groups in total. The molecule has 0 aromatic heterocycles. The molecule has 0 spiro atoms. The highest BCUT2D eigenvalue weighted by atomic mass is 19.1. The molecule has 0 saturated carbocycles. The number of fused-ring (bicyclic) bond motifs is 1. The van der Waals surface area contributed by atoms with Crippen LogP contribution in [0.15, 0.2) is 66.4 Å². The van der Waals surface area contributed by atoms with Crippen molar-refractivity contribution in [2.45, 2.75) is 6.92 Å². The number of ketones is 1. The average Bonchev–Trinajstić information content (AvgIpc) is 3.00. The van der Waals surface area contributed by atoms with Gasteiger partial charge in [0.05, 0.1) is 11.1 Å². The van der Waals surface area contributed by atoms with Gasteiger partial charge in [0.2, 0.25) is 5.78 Å². The molecule has 4 rings (SSSR count). The summed E-state index contributed by atoms with van der Waals surface area (Å²) in [7, 11) is 0. The molecule has 144 valence electrons. The van der Waals surface area contributed by atoms with Crippen LogP contribution >= 0.6 is 0 Å². The van der Waals surface area contributed by atoms with Crippen LogP contribution in [-0.2, 0) is 0 Å². The van der Waals surface area contributed by atoms with E-state index in [-0.39, 0.29) is 28.6 Å². The lowest BCUT2D eigenvalue weighted by atomic mass is 10.1. The van der Waals surface area contributed by atoms with Crippen LogP contribution in [-0.4, -0.2) is 11.8 Å². The molecular formula is C23H14F2O4. The fourth-order valence-electron chi connectivity index (χ4n) is 3.00. The minimum atomic E-state index is -0.729. The first-order valence-electron chi connectivity index (χ1n) is 8.73. The molecule has 0 unspecified atom stereocenters. The molecule has 3 aromatic carbocycles. The molecule has 0 atom stereocenters. The van der Waals surface area contributed by atoms with Crippen LogP contribution in [0.2, 0.25) is 0 Å². The third-order valence-corrected chi connectivity index (χ3v) is 4.45. The van der Waals surface area contributed by atoms with Crippen LogP contribution in [0, 0.1) is 18.6 Å². The van der Waals surface area contributed by atoms with Crippen molar-refractivity contribution in [1.82, 2.24) is 0 Å². The summed E-state index contributed by atoms with van der Waals surface area (Å²) in [6.45, 7) is 1.64. The van der Waals surface area contributed by atoms with Crippen LogP contribution in [0.25, 0.3) is 6.08 Å². The van der Waals surface area contributed by atoms with E-state index in [2.05, 4.69) is 0 Å². The number of hydrogen-bond acceptors (Lipinski definition) is 4. The smallest absolute Gasteiger partial charge is 0.343 e. The Bertz CT molecular complexity index is 1180. The number of halogens is 2. The quantitative estimate of drug-likeness (QED) is 0.353. The molecule has 4 nitrogen and oxygen atoms in total. The van der Waals surface area contributed by atoms with Crippen molar-refractivity contribution in [3.63, 3.8) is 0 Å². The van der Waals surface area contributed by atoms with Gasteiger partial charge in [-0.1, -0.05) is 18.2 Å². The van der Waals surface area contributed by atoms with E-state index in [0.29, 0.717) is 16.7 Å². The summed E-state index contributed by atoms with van der Waals surface area (Å²) in [5.41, 5.74) is 1.31. The number of carbonyl (C=O) groups is 2. The van der Waals surface area contributed by atoms with E-state index in [1.807, 2.05) is 0 Å². The standard InChI is InChI=1S/C23H14F2O4/c1-13-19(29-23(27)15-5-3-7-17(25)12-15)9-8-18-21(26)20(28-22(13)18)11-14-4-2-6-16(24)10-14/h2-12H,1H3/b20-11-. The molecule has 0 amide bonds. The summed E-state index contributed by atoms with van der Waals surface area (Å²) >= 11 is 0. The van der Waals surface area contributed by atoms with Crippen molar-refractivity contribution in [1.29, 1.82) is 0 Å². The topological polar surface area (TPSA) is 52.6 Å². The van der Waals surface area contributed by atoms with Crippen LogP contribution in [0.3, 0.4) is 0 Å². The Labute approximate surface area is 165 Å². The minimum Gasteiger partial charge on any atom is -0.452 e. The molecule has 1 heterocycles. The molecular weight excluding hydrogens is 378 g/mol. The van der Waals surface area contributed by atoms with Gasteiger partial charge in [-0.05, 0) is 61.0 Å². The Morgan fingerprint density at radius 2 is 1.72 bits per heavy atom. The largest absolute Gasteiger partial charge is 0.452 e. The highest BCUT2D eigenvalue weighted by Crippen LogP contribution is 2.39. The first-order chi connectivity index (χ1) is 13.9. The van der Waals surface area contributed by atoms with E-state index in [4.69, 9.17) is 9.47 Å². The van der Waals surface area contributed by atoms with Gasteiger partial charge in [0, 0.05) is 5.56 Å². The average molecular weight is 392 g/mol. The van der Waals surface area contributed by atoms with E-state index in [1.54, 1.807) is 13.0 Å². The Balaban J connectivity index is 1.62. The summed E-state index contributed by atoms with van der Waals surface area (Å²) in [6.07, 6.45) is 1.45. The number of hydrogen-bond donors (Lipinski definition) is 0. The zero-order chi connectivity index (χ0) is 20.5. The first kappa shape index (κ1) is 18.6. The predicted octanol–water partition coefficient (Wildman–Crippen LogP) is 5.11. The third kappa shape index (κ3) is 3.65. The highest BCUT2D eigenvalue weighted by Gasteiger charge is 2.30. The predicted molar refractivity (Wildman–Crippen MR) is 102 cm³/mol. The van der Waals surface area contributed by atoms with Crippen LogP contribution in [0.1, 0.15) is 31.8 Å². The lowest BCUT2D eigenvalue weighted by molar-refractivity contribution is 0.0732. The van der Waals surface area contributed by atoms with Crippen molar-refractivity contribution in [3.8, 4) is 11.5 Å². The van der Waals surface area contributed by atoms with Gasteiger partial charge in [-0.3, -0.25) is 4.79 Å². The molecule has 1 aliphatic heterocycles. The maximum Gasteiger partial charge on any atom is 0.343 e. The van der Waals surface area contributed by atoms with E-state index in [0.717, 1.165) is 6.07 Å².